The second-order valence-corrected chi connectivity index (χ2v) is 4.10. The summed E-state index contributed by atoms with van der Waals surface area (Å²) < 4.78 is 1.05. The van der Waals surface area contributed by atoms with E-state index in [4.69, 9.17) is 17.5 Å². The van der Waals surface area contributed by atoms with E-state index in [2.05, 4.69) is 0 Å². The summed E-state index contributed by atoms with van der Waals surface area (Å²) in [5, 5.41) is 0. The molecule has 0 radical (unpaired) electrons. The third-order valence-corrected chi connectivity index (χ3v) is 2.17. The molecule has 1 unspecified atom stereocenters. The Bertz CT molecular complexity index is 232. The van der Waals surface area contributed by atoms with Crippen molar-refractivity contribution in [3.63, 3.8) is 0 Å². The fraction of sp³-hybridized carbons (Fsp3) is 0.700. The molecule has 0 aliphatic rings. The van der Waals surface area contributed by atoms with Crippen LogP contribution >= 0.6 is 11.8 Å². The fourth-order valence-electron chi connectivity index (χ4n) is 1.36. The van der Waals surface area contributed by atoms with Crippen molar-refractivity contribution in [3.8, 4) is 0 Å². The highest BCUT2D eigenvalue weighted by molar-refractivity contribution is 6.23. The van der Waals surface area contributed by atoms with Gasteiger partial charge in [-0.2, -0.15) is 0 Å². The van der Waals surface area contributed by atoms with Gasteiger partial charge < -0.3 is 5.73 Å². The monoisotopic (exact) mass is 218 g/mol. The maximum atomic E-state index is 11.7. The minimum atomic E-state index is -0.210. The molecule has 0 saturated heterocycles. The summed E-state index contributed by atoms with van der Waals surface area (Å²) in [6.45, 7) is 5.80. The summed E-state index contributed by atoms with van der Waals surface area (Å²) in [7, 11) is 1.52. The standard InChI is InChI=1S/C10H19ClN2O/c1-5-6-8(12)9(7(2)3)10(14)13(4)11/h8H,5-6,12H2,1-4H3. The number of nitrogens with zero attached hydrogens (tertiary/aromatic N) is 1. The van der Waals surface area contributed by atoms with Crippen LogP contribution in [0.3, 0.4) is 0 Å². The van der Waals surface area contributed by atoms with E-state index in [1.165, 1.54) is 7.05 Å². The van der Waals surface area contributed by atoms with Crippen molar-refractivity contribution in [2.45, 2.75) is 39.7 Å². The van der Waals surface area contributed by atoms with E-state index in [1.54, 1.807) is 0 Å². The molecule has 1 amide bonds. The maximum Gasteiger partial charge on any atom is 0.265 e. The predicted molar refractivity (Wildman–Crippen MR) is 59.9 cm³/mol. The Kier molecular flexibility index (Phi) is 5.81. The van der Waals surface area contributed by atoms with Crippen LogP contribution in [0, 0.1) is 0 Å². The number of hydrogen-bond acceptors (Lipinski definition) is 2. The molecule has 0 aliphatic carbocycles. The van der Waals surface area contributed by atoms with Gasteiger partial charge in [0.15, 0.2) is 0 Å². The lowest BCUT2D eigenvalue weighted by Crippen LogP contribution is -2.33. The third-order valence-electron chi connectivity index (χ3n) is 2.02. The number of rotatable bonds is 4. The van der Waals surface area contributed by atoms with E-state index in [0.29, 0.717) is 5.57 Å². The van der Waals surface area contributed by atoms with Gasteiger partial charge in [0.1, 0.15) is 0 Å². The lowest BCUT2D eigenvalue weighted by atomic mass is 9.98. The Hall–Kier alpha value is -0.540. The van der Waals surface area contributed by atoms with Gasteiger partial charge in [0.2, 0.25) is 0 Å². The van der Waals surface area contributed by atoms with E-state index in [9.17, 15) is 4.79 Å². The molecule has 0 aromatic heterocycles. The first-order valence-electron chi connectivity index (χ1n) is 4.78. The Morgan fingerprint density at radius 3 is 2.29 bits per heavy atom. The van der Waals surface area contributed by atoms with Crippen molar-refractivity contribution in [2.24, 2.45) is 5.73 Å². The molecule has 0 fully saturated rings. The van der Waals surface area contributed by atoms with Crippen molar-refractivity contribution >= 4 is 17.7 Å². The molecule has 3 nitrogen and oxygen atoms in total. The summed E-state index contributed by atoms with van der Waals surface area (Å²) in [5.74, 6) is -0.201. The highest BCUT2D eigenvalue weighted by Gasteiger charge is 2.20. The van der Waals surface area contributed by atoms with Gasteiger partial charge >= 0.3 is 0 Å². The number of allylic oxidation sites excluding steroid dienone is 1. The van der Waals surface area contributed by atoms with Crippen LogP contribution in [-0.2, 0) is 4.79 Å². The number of carbonyl (C=O) groups excluding carboxylic acids is 1. The molecule has 0 aromatic rings. The first kappa shape index (κ1) is 13.5. The van der Waals surface area contributed by atoms with Gasteiger partial charge in [0, 0.05) is 30.4 Å². The molecule has 0 bridgehead atoms. The highest BCUT2D eigenvalue weighted by Crippen LogP contribution is 2.15. The third kappa shape index (κ3) is 3.68. The largest absolute Gasteiger partial charge is 0.324 e. The summed E-state index contributed by atoms with van der Waals surface area (Å²) >= 11 is 5.61. The Balaban J connectivity index is 4.80. The molecular formula is C10H19ClN2O. The number of hydrogen-bond donors (Lipinski definition) is 1. The number of carbonyl (C=O) groups is 1. The van der Waals surface area contributed by atoms with Crippen molar-refractivity contribution in [1.82, 2.24) is 4.42 Å². The van der Waals surface area contributed by atoms with Gasteiger partial charge in [-0.3, -0.25) is 9.21 Å². The second-order valence-electron chi connectivity index (χ2n) is 3.59. The maximum absolute atomic E-state index is 11.7. The number of likely N-dealkylation sites (N-methyl/N-ethyl adjacent to an activating group) is 1. The van der Waals surface area contributed by atoms with E-state index in [0.717, 1.165) is 22.8 Å². The molecule has 0 spiro atoms. The zero-order chi connectivity index (χ0) is 11.3. The summed E-state index contributed by atoms with van der Waals surface area (Å²) in [4.78, 5) is 11.7. The molecule has 4 heteroatoms. The number of nitrogens with two attached hydrogens (primary N) is 1. The van der Waals surface area contributed by atoms with Crippen LogP contribution in [0.15, 0.2) is 11.1 Å². The minimum absolute atomic E-state index is 0.201. The van der Waals surface area contributed by atoms with Crippen LogP contribution in [-0.4, -0.2) is 23.4 Å². The molecule has 14 heavy (non-hydrogen) atoms. The Morgan fingerprint density at radius 1 is 1.50 bits per heavy atom. The molecule has 0 aliphatic heterocycles. The van der Waals surface area contributed by atoms with E-state index >= 15 is 0 Å². The van der Waals surface area contributed by atoms with Gasteiger partial charge in [-0.1, -0.05) is 18.9 Å². The summed E-state index contributed by atoms with van der Waals surface area (Å²) in [6, 6.07) is -0.210. The average molecular weight is 219 g/mol. The van der Waals surface area contributed by atoms with Crippen LogP contribution in [0.4, 0.5) is 0 Å². The summed E-state index contributed by atoms with van der Waals surface area (Å²) in [6.07, 6.45) is 1.76. The van der Waals surface area contributed by atoms with Crippen LogP contribution < -0.4 is 5.73 Å². The number of amides is 1. The Labute approximate surface area is 91.0 Å². The minimum Gasteiger partial charge on any atom is -0.324 e. The molecule has 0 heterocycles. The molecular weight excluding hydrogens is 200 g/mol. The average Bonchev–Trinajstić information content (AvgIpc) is 2.03. The zero-order valence-corrected chi connectivity index (χ0v) is 10.1. The number of halogens is 1. The molecule has 0 saturated carbocycles. The van der Waals surface area contributed by atoms with Crippen LogP contribution in [0.25, 0.3) is 0 Å². The molecule has 1 atom stereocenters. The second kappa shape index (κ2) is 6.04. The Morgan fingerprint density at radius 2 is 2.00 bits per heavy atom. The molecule has 2 N–H and O–H groups in total. The quantitative estimate of drug-likeness (QED) is 0.580. The highest BCUT2D eigenvalue weighted by atomic mass is 35.5. The first-order valence-corrected chi connectivity index (χ1v) is 5.12. The van der Waals surface area contributed by atoms with Crippen molar-refractivity contribution in [3.05, 3.63) is 11.1 Å². The normalized spacial score (nSPS) is 12.1. The van der Waals surface area contributed by atoms with E-state index < -0.39 is 0 Å². The van der Waals surface area contributed by atoms with Crippen LogP contribution in [0.5, 0.6) is 0 Å². The van der Waals surface area contributed by atoms with Gasteiger partial charge in [-0.25, -0.2) is 0 Å². The summed E-state index contributed by atoms with van der Waals surface area (Å²) in [5.41, 5.74) is 7.47. The van der Waals surface area contributed by atoms with Gasteiger partial charge in [-0.05, 0) is 20.3 Å². The van der Waals surface area contributed by atoms with Gasteiger partial charge in [-0.15, -0.1) is 0 Å². The molecule has 82 valence electrons. The van der Waals surface area contributed by atoms with Gasteiger partial charge in [0.05, 0.1) is 0 Å². The van der Waals surface area contributed by atoms with Crippen molar-refractivity contribution in [2.75, 3.05) is 7.05 Å². The van der Waals surface area contributed by atoms with Gasteiger partial charge in [0.25, 0.3) is 5.91 Å². The lowest BCUT2D eigenvalue weighted by molar-refractivity contribution is -0.122. The lowest BCUT2D eigenvalue weighted by Gasteiger charge is -2.18. The van der Waals surface area contributed by atoms with Crippen LogP contribution in [0.1, 0.15) is 33.6 Å². The molecule has 0 aromatic carbocycles. The first-order chi connectivity index (χ1) is 6.41. The predicted octanol–water partition coefficient (Wildman–Crippen LogP) is 2.06. The SMILES string of the molecule is CCCC(N)C(C(=O)N(C)Cl)=C(C)C. The smallest absolute Gasteiger partial charge is 0.265 e. The van der Waals surface area contributed by atoms with E-state index in [1.807, 2.05) is 20.8 Å². The van der Waals surface area contributed by atoms with Crippen LogP contribution in [0.2, 0.25) is 0 Å². The zero-order valence-electron chi connectivity index (χ0n) is 9.30. The molecule has 0 rings (SSSR count). The van der Waals surface area contributed by atoms with Crippen molar-refractivity contribution in [1.29, 1.82) is 0 Å². The van der Waals surface area contributed by atoms with Crippen molar-refractivity contribution < 1.29 is 4.79 Å². The van der Waals surface area contributed by atoms with E-state index in [-0.39, 0.29) is 11.9 Å². The topological polar surface area (TPSA) is 46.3 Å². The fourth-order valence-corrected chi connectivity index (χ4v) is 1.46.